The quantitative estimate of drug-likeness (QED) is 0.851. The summed E-state index contributed by atoms with van der Waals surface area (Å²) in [6.45, 7) is 0.142. The average Bonchev–Trinajstić information content (AvgIpc) is 3.14. The van der Waals surface area contributed by atoms with Gasteiger partial charge in [0.2, 0.25) is 5.91 Å². The van der Waals surface area contributed by atoms with E-state index >= 15 is 0 Å². The van der Waals surface area contributed by atoms with Crippen molar-refractivity contribution < 1.29 is 19.1 Å². The van der Waals surface area contributed by atoms with E-state index in [1.165, 1.54) is 11.0 Å². The number of amides is 1. The molecule has 1 aromatic carbocycles. The molecular weight excluding hydrogens is 249 g/mol. The van der Waals surface area contributed by atoms with Gasteiger partial charge in [-0.15, -0.1) is 0 Å². The number of benzene rings is 1. The van der Waals surface area contributed by atoms with Crippen LogP contribution < -0.4 is 0 Å². The van der Waals surface area contributed by atoms with Crippen molar-refractivity contribution in [1.82, 2.24) is 4.90 Å². The summed E-state index contributed by atoms with van der Waals surface area (Å²) in [4.78, 5) is 24.1. The minimum absolute atomic E-state index is 0.0906. The minimum Gasteiger partial charge on any atom is -0.480 e. The molecule has 102 valence electrons. The number of hydrogen-bond donors (Lipinski definition) is 1. The Labute approximate surface area is 110 Å². The Morgan fingerprint density at radius 3 is 2.58 bits per heavy atom. The van der Waals surface area contributed by atoms with Crippen LogP contribution in [-0.4, -0.2) is 35.0 Å². The maximum Gasteiger partial charge on any atom is 0.323 e. The highest BCUT2D eigenvalue weighted by Crippen LogP contribution is 2.29. The van der Waals surface area contributed by atoms with Crippen molar-refractivity contribution in [3.8, 4) is 0 Å². The molecule has 0 spiro atoms. The van der Waals surface area contributed by atoms with Gasteiger partial charge in [0.05, 0.1) is 6.42 Å². The lowest BCUT2D eigenvalue weighted by Gasteiger charge is -2.20. The maximum absolute atomic E-state index is 13.5. The molecule has 1 saturated carbocycles. The second-order valence-corrected chi connectivity index (χ2v) is 4.88. The predicted octanol–water partition coefficient (Wildman–Crippen LogP) is 1.69. The van der Waals surface area contributed by atoms with Gasteiger partial charge in [-0.25, -0.2) is 4.39 Å². The number of carboxylic acids is 1. The van der Waals surface area contributed by atoms with E-state index in [4.69, 9.17) is 5.11 Å². The molecular formula is C14H16FNO3. The fraction of sp³-hybridized carbons (Fsp3) is 0.429. The molecule has 1 aliphatic carbocycles. The Morgan fingerprint density at radius 1 is 1.32 bits per heavy atom. The van der Waals surface area contributed by atoms with Crippen molar-refractivity contribution >= 4 is 11.9 Å². The fourth-order valence-corrected chi connectivity index (χ4v) is 1.95. The third kappa shape index (κ3) is 4.05. The zero-order valence-corrected chi connectivity index (χ0v) is 10.5. The van der Waals surface area contributed by atoms with Gasteiger partial charge in [-0.2, -0.15) is 0 Å². The van der Waals surface area contributed by atoms with Gasteiger partial charge in [0, 0.05) is 6.54 Å². The normalized spacial score (nSPS) is 14.2. The molecule has 1 amide bonds. The van der Waals surface area contributed by atoms with E-state index in [0.717, 1.165) is 12.8 Å². The number of carbonyl (C=O) groups excluding carboxylic acids is 1. The molecule has 0 aromatic heterocycles. The monoisotopic (exact) mass is 265 g/mol. The van der Waals surface area contributed by atoms with Crippen molar-refractivity contribution in [2.24, 2.45) is 5.92 Å². The van der Waals surface area contributed by atoms with Gasteiger partial charge in [-0.1, -0.05) is 18.2 Å². The number of carbonyl (C=O) groups is 2. The maximum atomic E-state index is 13.5. The summed E-state index contributed by atoms with van der Waals surface area (Å²) in [7, 11) is 0. The van der Waals surface area contributed by atoms with Gasteiger partial charge in [0.15, 0.2) is 0 Å². The molecule has 0 heterocycles. The number of hydrogen-bond acceptors (Lipinski definition) is 2. The highest BCUT2D eigenvalue weighted by atomic mass is 19.1. The SMILES string of the molecule is O=C(O)CN(CC1CC1)C(=O)Cc1ccccc1F. The first-order chi connectivity index (χ1) is 9.06. The molecule has 19 heavy (non-hydrogen) atoms. The lowest BCUT2D eigenvalue weighted by atomic mass is 10.1. The van der Waals surface area contributed by atoms with E-state index in [-0.39, 0.29) is 18.9 Å². The average molecular weight is 265 g/mol. The van der Waals surface area contributed by atoms with Crippen molar-refractivity contribution in [3.05, 3.63) is 35.6 Å². The molecule has 0 bridgehead atoms. The fourth-order valence-electron chi connectivity index (χ4n) is 1.95. The molecule has 0 saturated heterocycles. The lowest BCUT2D eigenvalue weighted by Crippen LogP contribution is -2.38. The van der Waals surface area contributed by atoms with Crippen LogP contribution in [0, 0.1) is 11.7 Å². The highest BCUT2D eigenvalue weighted by molar-refractivity contribution is 5.83. The third-order valence-electron chi connectivity index (χ3n) is 3.15. The van der Waals surface area contributed by atoms with E-state index in [0.29, 0.717) is 18.0 Å². The van der Waals surface area contributed by atoms with Crippen molar-refractivity contribution in [1.29, 1.82) is 0 Å². The minimum atomic E-state index is -1.04. The van der Waals surface area contributed by atoms with Crippen LogP contribution in [0.25, 0.3) is 0 Å². The lowest BCUT2D eigenvalue weighted by molar-refractivity contribution is -0.144. The van der Waals surface area contributed by atoms with Crippen LogP contribution in [0.1, 0.15) is 18.4 Å². The molecule has 1 aromatic rings. The van der Waals surface area contributed by atoms with Crippen LogP contribution in [0.5, 0.6) is 0 Å². The van der Waals surface area contributed by atoms with Crippen LogP contribution in [-0.2, 0) is 16.0 Å². The van der Waals surface area contributed by atoms with Crippen molar-refractivity contribution in [2.75, 3.05) is 13.1 Å². The Kier molecular flexibility index (Phi) is 4.14. The second-order valence-electron chi connectivity index (χ2n) is 4.88. The van der Waals surface area contributed by atoms with E-state index < -0.39 is 11.8 Å². The predicted molar refractivity (Wildman–Crippen MR) is 67.0 cm³/mol. The van der Waals surface area contributed by atoms with Crippen LogP contribution in [0.15, 0.2) is 24.3 Å². The first kappa shape index (κ1) is 13.5. The Bertz CT molecular complexity index is 485. The molecule has 5 heteroatoms. The van der Waals surface area contributed by atoms with E-state index in [2.05, 4.69) is 0 Å². The van der Waals surface area contributed by atoms with Gasteiger partial charge in [-0.3, -0.25) is 9.59 Å². The smallest absolute Gasteiger partial charge is 0.323 e. The zero-order chi connectivity index (χ0) is 13.8. The second kappa shape index (κ2) is 5.82. The topological polar surface area (TPSA) is 57.6 Å². The molecule has 1 fully saturated rings. The molecule has 4 nitrogen and oxygen atoms in total. The standard InChI is InChI=1S/C14H16FNO3/c15-12-4-2-1-3-11(12)7-13(17)16(9-14(18)19)8-10-5-6-10/h1-4,10H,5-9H2,(H,18,19). The Morgan fingerprint density at radius 2 is 2.00 bits per heavy atom. The number of nitrogens with zero attached hydrogens (tertiary/aromatic N) is 1. The molecule has 0 radical (unpaired) electrons. The summed E-state index contributed by atoms with van der Waals surface area (Å²) in [5.41, 5.74) is 0.304. The van der Waals surface area contributed by atoms with Gasteiger partial charge in [-0.05, 0) is 30.4 Å². The van der Waals surface area contributed by atoms with E-state index in [1.807, 2.05) is 0 Å². The Hall–Kier alpha value is -1.91. The summed E-state index contributed by atoms with van der Waals surface area (Å²) in [6, 6.07) is 6.06. The van der Waals surface area contributed by atoms with Crippen LogP contribution in [0.2, 0.25) is 0 Å². The summed E-state index contributed by atoms with van der Waals surface area (Å²) >= 11 is 0. The zero-order valence-electron chi connectivity index (χ0n) is 10.5. The first-order valence-electron chi connectivity index (χ1n) is 6.29. The first-order valence-corrected chi connectivity index (χ1v) is 6.29. The third-order valence-corrected chi connectivity index (χ3v) is 3.15. The molecule has 0 atom stereocenters. The number of rotatable bonds is 6. The van der Waals surface area contributed by atoms with Crippen molar-refractivity contribution in [3.63, 3.8) is 0 Å². The number of carboxylic acid groups (broad SMARTS) is 1. The van der Waals surface area contributed by atoms with Gasteiger partial charge < -0.3 is 10.0 Å². The molecule has 2 rings (SSSR count). The largest absolute Gasteiger partial charge is 0.480 e. The highest BCUT2D eigenvalue weighted by Gasteiger charge is 2.28. The van der Waals surface area contributed by atoms with E-state index in [1.54, 1.807) is 18.2 Å². The van der Waals surface area contributed by atoms with Crippen molar-refractivity contribution in [2.45, 2.75) is 19.3 Å². The van der Waals surface area contributed by atoms with Gasteiger partial charge >= 0.3 is 5.97 Å². The number of aliphatic carboxylic acids is 1. The Balaban J connectivity index is 2.01. The summed E-state index contributed by atoms with van der Waals surface area (Å²) in [6.07, 6.45) is 1.97. The van der Waals surface area contributed by atoms with Gasteiger partial charge in [0.1, 0.15) is 12.4 Å². The number of halogens is 1. The summed E-state index contributed by atoms with van der Waals surface area (Å²) in [5, 5.41) is 8.82. The molecule has 1 N–H and O–H groups in total. The summed E-state index contributed by atoms with van der Waals surface area (Å²) < 4.78 is 13.5. The molecule has 0 unspecified atom stereocenters. The molecule has 0 aliphatic heterocycles. The van der Waals surface area contributed by atoms with E-state index in [9.17, 15) is 14.0 Å². The van der Waals surface area contributed by atoms with Gasteiger partial charge in [0.25, 0.3) is 0 Å². The van der Waals surface area contributed by atoms with Crippen LogP contribution in [0.4, 0.5) is 4.39 Å². The van der Waals surface area contributed by atoms with Crippen LogP contribution in [0.3, 0.4) is 0 Å². The summed E-state index contributed by atoms with van der Waals surface area (Å²) in [5.74, 6) is -1.40. The molecule has 1 aliphatic rings. The van der Waals surface area contributed by atoms with Crippen LogP contribution >= 0.6 is 0 Å².